The highest BCUT2D eigenvalue weighted by Crippen LogP contribution is 2.30. The Bertz CT molecular complexity index is 921. The topological polar surface area (TPSA) is 85.5 Å². The van der Waals surface area contributed by atoms with Gasteiger partial charge < -0.3 is 14.2 Å². The molecule has 7 nitrogen and oxygen atoms in total. The molecule has 1 atom stereocenters. The van der Waals surface area contributed by atoms with Crippen molar-refractivity contribution in [2.24, 2.45) is 5.92 Å². The fourth-order valence-electron chi connectivity index (χ4n) is 3.25. The van der Waals surface area contributed by atoms with Crippen LogP contribution < -0.4 is 9.64 Å². The summed E-state index contributed by atoms with van der Waals surface area (Å²) in [5, 5.41) is 3.99. The molecule has 1 aromatic heterocycles. The zero-order valence-electron chi connectivity index (χ0n) is 16.5. The number of ether oxygens (including phenoxy) is 1. The number of nitrogens with zero attached hydrogens (tertiary/aromatic N) is 3. The lowest BCUT2D eigenvalue weighted by Gasteiger charge is -2.33. The maximum atomic E-state index is 14.5. The second kappa shape index (κ2) is 8.06. The zero-order valence-corrected chi connectivity index (χ0v) is 17.3. The summed E-state index contributed by atoms with van der Waals surface area (Å²) < 4.78 is 48.9. The molecule has 2 heterocycles. The van der Waals surface area contributed by atoms with Gasteiger partial charge in [-0.3, -0.25) is 0 Å². The highest BCUT2D eigenvalue weighted by atomic mass is 32.2. The Morgan fingerprint density at radius 2 is 2.00 bits per heavy atom. The molecular formula is C19H25FN3O4S. The van der Waals surface area contributed by atoms with Crippen LogP contribution in [0.25, 0.3) is 0 Å². The maximum Gasteiger partial charge on any atom is 0.324 e. The molecule has 3 rings (SSSR count). The van der Waals surface area contributed by atoms with E-state index < -0.39 is 20.5 Å². The smallest absolute Gasteiger partial charge is 0.324 e. The van der Waals surface area contributed by atoms with E-state index in [1.165, 1.54) is 12.1 Å². The van der Waals surface area contributed by atoms with Crippen LogP contribution in [0.5, 0.6) is 5.75 Å². The summed E-state index contributed by atoms with van der Waals surface area (Å²) in [6, 6.07) is 5.73. The molecule has 2 aromatic rings. The van der Waals surface area contributed by atoms with Crippen molar-refractivity contribution in [2.75, 3.05) is 24.2 Å². The molecule has 0 unspecified atom stereocenters. The van der Waals surface area contributed by atoms with Gasteiger partial charge in [0, 0.05) is 31.3 Å². The molecule has 1 aliphatic rings. The Morgan fingerprint density at radius 3 is 2.57 bits per heavy atom. The first-order valence-electron chi connectivity index (χ1n) is 9.32. The predicted molar refractivity (Wildman–Crippen MR) is 102 cm³/mol. The van der Waals surface area contributed by atoms with Gasteiger partial charge in [0.05, 0.1) is 6.10 Å². The molecular weight excluding hydrogens is 385 g/mol. The number of halogens is 1. The molecule has 0 bridgehead atoms. The van der Waals surface area contributed by atoms with Crippen LogP contribution in [0.3, 0.4) is 0 Å². The van der Waals surface area contributed by atoms with E-state index in [-0.39, 0.29) is 23.7 Å². The van der Waals surface area contributed by atoms with Crippen LogP contribution in [0.4, 0.5) is 10.4 Å². The van der Waals surface area contributed by atoms with Gasteiger partial charge in [0.25, 0.3) is 0 Å². The van der Waals surface area contributed by atoms with Crippen LogP contribution in [0.2, 0.25) is 0 Å². The van der Waals surface area contributed by atoms with Gasteiger partial charge in [0.2, 0.25) is 0 Å². The van der Waals surface area contributed by atoms with E-state index in [0.29, 0.717) is 11.8 Å². The van der Waals surface area contributed by atoms with E-state index in [1.54, 1.807) is 0 Å². The van der Waals surface area contributed by atoms with Crippen LogP contribution in [0.15, 0.2) is 21.6 Å². The summed E-state index contributed by atoms with van der Waals surface area (Å²) in [7, 11) is -3.70. The van der Waals surface area contributed by atoms with Gasteiger partial charge in [0.15, 0.2) is 27.2 Å². The Hall–Kier alpha value is -2.16. The minimum atomic E-state index is -3.70. The largest absolute Gasteiger partial charge is 0.487 e. The molecule has 9 heteroatoms. The number of hydrogen-bond donors (Lipinski definition) is 0. The average molecular weight is 410 g/mol. The molecule has 0 amide bonds. The van der Waals surface area contributed by atoms with Gasteiger partial charge in [-0.1, -0.05) is 19.0 Å². The number of aromatic nitrogens is 2. The fraction of sp³-hybridized carbons (Fsp3) is 0.579. The standard InChI is InChI=1S/C19H25FN3O4S/c1-12(2)18-21-19(27-22-18)23-10-8-14(9-11-23)13(3)26-15-6-5-7-16(17(15)20)28(4,24)25/h5-6,12-14H,8-11H2,1-4H3/t13-/m0/s1. The third-order valence-electron chi connectivity index (χ3n) is 4.97. The van der Waals surface area contributed by atoms with Crippen molar-refractivity contribution < 1.29 is 22.1 Å². The molecule has 0 aliphatic carbocycles. The van der Waals surface area contributed by atoms with Gasteiger partial charge in [-0.25, -0.2) is 12.8 Å². The lowest BCUT2D eigenvalue weighted by atomic mass is 9.92. The van der Waals surface area contributed by atoms with E-state index in [4.69, 9.17) is 9.26 Å². The first-order chi connectivity index (χ1) is 13.2. The van der Waals surface area contributed by atoms with E-state index in [2.05, 4.69) is 16.2 Å². The summed E-state index contributed by atoms with van der Waals surface area (Å²) in [5.41, 5.74) is 0. The van der Waals surface area contributed by atoms with Crippen LogP contribution in [0, 0.1) is 17.8 Å². The first kappa shape index (κ1) is 20.6. The fourth-order valence-corrected chi connectivity index (χ4v) is 3.96. The summed E-state index contributed by atoms with van der Waals surface area (Å²) >= 11 is 0. The SMILES string of the molecule is CC(C)c1noc(N2CCC([C@H](C)Oc3cc[c]c(S(C)(=O)=O)c3F)CC2)n1. The highest BCUT2D eigenvalue weighted by Gasteiger charge is 2.29. The Balaban J connectivity index is 1.62. The summed E-state index contributed by atoms with van der Waals surface area (Å²) in [6.45, 7) is 7.36. The van der Waals surface area contributed by atoms with Crippen molar-refractivity contribution in [3.63, 3.8) is 0 Å². The molecule has 0 saturated carbocycles. The van der Waals surface area contributed by atoms with Gasteiger partial charge in [0.1, 0.15) is 4.90 Å². The molecule has 1 fully saturated rings. The monoisotopic (exact) mass is 410 g/mol. The first-order valence-corrected chi connectivity index (χ1v) is 11.2. The number of rotatable bonds is 6. The normalized spacial score (nSPS) is 17.1. The number of benzene rings is 1. The number of hydrogen-bond acceptors (Lipinski definition) is 7. The lowest BCUT2D eigenvalue weighted by Crippen LogP contribution is -2.39. The van der Waals surface area contributed by atoms with E-state index in [0.717, 1.165) is 32.2 Å². The van der Waals surface area contributed by atoms with Gasteiger partial charge in [-0.2, -0.15) is 4.98 Å². The van der Waals surface area contributed by atoms with Crippen molar-refractivity contribution in [3.8, 4) is 5.75 Å². The molecule has 1 radical (unpaired) electrons. The predicted octanol–water partition coefficient (Wildman–Crippen LogP) is 3.22. The van der Waals surface area contributed by atoms with E-state index in [1.807, 2.05) is 25.7 Å². The molecule has 28 heavy (non-hydrogen) atoms. The van der Waals surface area contributed by atoms with Gasteiger partial charge >= 0.3 is 6.01 Å². The molecule has 1 aliphatic heterocycles. The molecule has 153 valence electrons. The van der Waals surface area contributed by atoms with Gasteiger partial charge in [-0.05, 0) is 37.8 Å². The van der Waals surface area contributed by atoms with Crippen LogP contribution >= 0.6 is 0 Å². The van der Waals surface area contributed by atoms with E-state index >= 15 is 0 Å². The maximum absolute atomic E-state index is 14.5. The number of anilines is 1. The van der Waals surface area contributed by atoms with E-state index in [9.17, 15) is 12.8 Å². The minimum absolute atomic E-state index is 0.0624. The van der Waals surface area contributed by atoms with Crippen molar-refractivity contribution in [1.82, 2.24) is 10.1 Å². The quantitative estimate of drug-likeness (QED) is 0.723. The second-order valence-electron chi connectivity index (χ2n) is 7.49. The Morgan fingerprint density at radius 1 is 1.32 bits per heavy atom. The third kappa shape index (κ3) is 4.45. The molecule has 0 N–H and O–H groups in total. The van der Waals surface area contributed by atoms with Crippen LogP contribution in [0.1, 0.15) is 45.4 Å². The molecule has 1 aromatic carbocycles. The van der Waals surface area contributed by atoms with Crippen molar-refractivity contribution in [1.29, 1.82) is 0 Å². The summed E-state index contributed by atoms with van der Waals surface area (Å²) in [4.78, 5) is 6.00. The Labute approximate surface area is 164 Å². The Kier molecular flexibility index (Phi) is 5.92. The number of piperidine rings is 1. The third-order valence-corrected chi connectivity index (χ3v) is 6.01. The minimum Gasteiger partial charge on any atom is -0.487 e. The summed E-state index contributed by atoms with van der Waals surface area (Å²) in [6.07, 6.45) is 2.33. The van der Waals surface area contributed by atoms with Crippen molar-refractivity contribution in [2.45, 2.75) is 50.5 Å². The average Bonchev–Trinajstić information content (AvgIpc) is 3.13. The second-order valence-corrected chi connectivity index (χ2v) is 9.45. The van der Waals surface area contributed by atoms with Crippen LogP contribution in [-0.2, 0) is 9.84 Å². The van der Waals surface area contributed by atoms with Crippen molar-refractivity contribution in [3.05, 3.63) is 29.8 Å². The van der Waals surface area contributed by atoms with Crippen molar-refractivity contribution >= 4 is 15.9 Å². The highest BCUT2D eigenvalue weighted by molar-refractivity contribution is 7.90. The number of sulfone groups is 1. The van der Waals surface area contributed by atoms with Gasteiger partial charge in [-0.15, -0.1) is 0 Å². The van der Waals surface area contributed by atoms with Crippen LogP contribution in [-0.4, -0.2) is 44.0 Å². The molecule has 1 saturated heterocycles. The lowest BCUT2D eigenvalue weighted by molar-refractivity contribution is 0.126. The molecule has 0 spiro atoms. The zero-order chi connectivity index (χ0) is 20.5. The summed E-state index contributed by atoms with van der Waals surface area (Å²) in [5.74, 6) is 0.146.